The van der Waals surface area contributed by atoms with Gasteiger partial charge in [-0.15, -0.1) is 0 Å². The number of nitrogens with two attached hydrogens (primary N) is 1. The van der Waals surface area contributed by atoms with Crippen molar-refractivity contribution in [1.82, 2.24) is 4.98 Å². The average Bonchev–Trinajstić information content (AvgIpc) is 2.29. The van der Waals surface area contributed by atoms with Crippen LogP contribution in [0.5, 0.6) is 5.75 Å². The van der Waals surface area contributed by atoms with E-state index in [-0.39, 0.29) is 11.4 Å². The Labute approximate surface area is 97.2 Å². The molecule has 4 N–H and O–H groups in total. The molecule has 0 unspecified atom stereocenters. The van der Waals surface area contributed by atoms with Gasteiger partial charge in [-0.25, -0.2) is 9.78 Å². The molecular formula is C12H10N2O3. The normalized spacial score (nSPS) is 10.1. The Kier molecular flexibility index (Phi) is 2.66. The number of nitrogens with zero attached hydrogens (tertiary/aromatic N) is 1. The smallest absolute Gasteiger partial charge is 0.355 e. The minimum atomic E-state index is -1.12. The summed E-state index contributed by atoms with van der Waals surface area (Å²) in [6.07, 6.45) is 1.30. The van der Waals surface area contributed by atoms with E-state index in [0.29, 0.717) is 16.8 Å². The van der Waals surface area contributed by atoms with Crippen LogP contribution in [-0.4, -0.2) is 21.2 Å². The van der Waals surface area contributed by atoms with Gasteiger partial charge >= 0.3 is 5.97 Å². The number of aromatic hydroxyl groups is 1. The third-order valence-corrected chi connectivity index (χ3v) is 2.29. The van der Waals surface area contributed by atoms with Crippen LogP contribution in [0.15, 0.2) is 36.5 Å². The predicted molar refractivity (Wildman–Crippen MR) is 62.7 cm³/mol. The maximum Gasteiger partial charge on any atom is 0.355 e. The van der Waals surface area contributed by atoms with Crippen LogP contribution in [0.1, 0.15) is 10.5 Å². The van der Waals surface area contributed by atoms with Gasteiger partial charge in [0.1, 0.15) is 5.75 Å². The molecule has 1 heterocycles. The van der Waals surface area contributed by atoms with Gasteiger partial charge in [0.15, 0.2) is 5.69 Å². The van der Waals surface area contributed by atoms with E-state index in [9.17, 15) is 9.90 Å². The largest absolute Gasteiger partial charge is 0.508 e. The Balaban J connectivity index is 2.60. The number of pyridine rings is 1. The molecule has 2 rings (SSSR count). The zero-order valence-electron chi connectivity index (χ0n) is 8.79. The minimum Gasteiger partial charge on any atom is -0.508 e. The van der Waals surface area contributed by atoms with E-state index >= 15 is 0 Å². The minimum absolute atomic E-state index is 0.0649. The molecule has 5 nitrogen and oxygen atoms in total. The SMILES string of the molecule is Nc1cnc(C(=O)O)c(-c2ccc(O)cc2)c1. The maximum atomic E-state index is 11.0. The molecule has 2 aromatic rings. The van der Waals surface area contributed by atoms with Gasteiger partial charge in [0, 0.05) is 5.56 Å². The van der Waals surface area contributed by atoms with Gasteiger partial charge < -0.3 is 15.9 Å². The number of hydrogen-bond donors (Lipinski definition) is 3. The van der Waals surface area contributed by atoms with Crippen molar-refractivity contribution >= 4 is 11.7 Å². The summed E-state index contributed by atoms with van der Waals surface area (Å²) in [4.78, 5) is 14.8. The second-order valence-electron chi connectivity index (χ2n) is 3.52. The Morgan fingerprint density at radius 3 is 2.47 bits per heavy atom. The molecule has 0 aliphatic rings. The van der Waals surface area contributed by atoms with Gasteiger partial charge in [0.25, 0.3) is 0 Å². The monoisotopic (exact) mass is 230 g/mol. The van der Waals surface area contributed by atoms with Crippen molar-refractivity contribution in [3.63, 3.8) is 0 Å². The van der Waals surface area contributed by atoms with E-state index in [1.54, 1.807) is 18.2 Å². The quantitative estimate of drug-likeness (QED) is 0.730. The van der Waals surface area contributed by atoms with E-state index in [1.807, 2.05) is 0 Å². The molecule has 0 spiro atoms. The van der Waals surface area contributed by atoms with Crippen LogP contribution in [0.4, 0.5) is 5.69 Å². The summed E-state index contributed by atoms with van der Waals surface area (Å²) in [7, 11) is 0. The van der Waals surface area contributed by atoms with Gasteiger partial charge in [-0.3, -0.25) is 0 Å². The number of carboxylic acids is 1. The molecule has 0 fully saturated rings. The molecule has 0 aliphatic heterocycles. The number of nitrogen functional groups attached to an aromatic ring is 1. The van der Waals surface area contributed by atoms with Crippen molar-refractivity contribution in [2.45, 2.75) is 0 Å². The Hall–Kier alpha value is -2.56. The average molecular weight is 230 g/mol. The van der Waals surface area contributed by atoms with Crippen LogP contribution in [0.25, 0.3) is 11.1 Å². The number of rotatable bonds is 2. The highest BCUT2D eigenvalue weighted by atomic mass is 16.4. The number of hydrogen-bond acceptors (Lipinski definition) is 4. The molecular weight excluding hydrogens is 220 g/mol. The molecule has 0 saturated heterocycles. The van der Waals surface area contributed by atoms with Crippen LogP contribution in [0, 0.1) is 0 Å². The lowest BCUT2D eigenvalue weighted by Crippen LogP contribution is -2.04. The van der Waals surface area contributed by atoms with Gasteiger partial charge in [0.05, 0.1) is 11.9 Å². The van der Waals surface area contributed by atoms with Gasteiger partial charge in [-0.05, 0) is 23.8 Å². The number of anilines is 1. The number of phenols is 1. The standard InChI is InChI=1S/C12H10N2O3/c13-8-5-10(11(12(16)17)14-6-8)7-1-3-9(15)4-2-7/h1-6,15H,13H2,(H,16,17). The molecule has 0 bridgehead atoms. The Morgan fingerprint density at radius 1 is 1.24 bits per heavy atom. The number of phenolic OH excluding ortho intramolecular Hbond substituents is 1. The van der Waals surface area contributed by atoms with Crippen molar-refractivity contribution in [3.8, 4) is 16.9 Å². The highest BCUT2D eigenvalue weighted by molar-refractivity contribution is 5.94. The summed E-state index contributed by atoms with van der Waals surface area (Å²) in [5.41, 5.74) is 6.98. The van der Waals surface area contributed by atoms with Gasteiger partial charge in [0.2, 0.25) is 0 Å². The maximum absolute atomic E-state index is 11.0. The van der Waals surface area contributed by atoms with Crippen LogP contribution in [-0.2, 0) is 0 Å². The molecule has 86 valence electrons. The fourth-order valence-corrected chi connectivity index (χ4v) is 1.51. The topological polar surface area (TPSA) is 96.4 Å². The molecule has 1 aromatic heterocycles. The first kappa shape index (κ1) is 10.9. The number of carboxylic acid groups (broad SMARTS) is 1. The van der Waals surface area contributed by atoms with E-state index in [0.717, 1.165) is 0 Å². The van der Waals surface area contributed by atoms with Crippen LogP contribution < -0.4 is 5.73 Å². The van der Waals surface area contributed by atoms with E-state index in [4.69, 9.17) is 10.8 Å². The zero-order valence-corrected chi connectivity index (χ0v) is 8.79. The molecule has 0 radical (unpaired) electrons. The van der Waals surface area contributed by atoms with E-state index < -0.39 is 5.97 Å². The third kappa shape index (κ3) is 2.17. The summed E-state index contributed by atoms with van der Waals surface area (Å²) in [6.45, 7) is 0. The van der Waals surface area contributed by atoms with Gasteiger partial charge in [-0.1, -0.05) is 12.1 Å². The first-order chi connectivity index (χ1) is 8.08. The first-order valence-electron chi connectivity index (χ1n) is 4.86. The second kappa shape index (κ2) is 4.13. The predicted octanol–water partition coefficient (Wildman–Crippen LogP) is 1.73. The van der Waals surface area contributed by atoms with Crippen LogP contribution in [0.3, 0.4) is 0 Å². The first-order valence-corrected chi connectivity index (χ1v) is 4.86. The summed E-state index contributed by atoms with van der Waals surface area (Å²) in [6, 6.07) is 7.72. The molecule has 1 aromatic carbocycles. The number of carbonyl (C=O) groups is 1. The lowest BCUT2D eigenvalue weighted by Gasteiger charge is -2.06. The number of aromatic nitrogens is 1. The molecule has 0 atom stereocenters. The molecule has 0 amide bonds. The van der Waals surface area contributed by atoms with E-state index in [2.05, 4.69) is 4.98 Å². The molecule has 0 saturated carbocycles. The number of aromatic carboxylic acids is 1. The van der Waals surface area contributed by atoms with Crippen molar-refractivity contribution in [1.29, 1.82) is 0 Å². The third-order valence-electron chi connectivity index (χ3n) is 2.29. The Bertz CT molecular complexity index is 564. The van der Waals surface area contributed by atoms with E-state index in [1.165, 1.54) is 18.3 Å². The van der Waals surface area contributed by atoms with Crippen molar-refractivity contribution < 1.29 is 15.0 Å². The molecule has 17 heavy (non-hydrogen) atoms. The summed E-state index contributed by atoms with van der Waals surface area (Å²) in [5, 5.41) is 18.2. The zero-order chi connectivity index (χ0) is 12.4. The summed E-state index contributed by atoms with van der Waals surface area (Å²) in [5.74, 6) is -1.00. The van der Waals surface area contributed by atoms with Crippen molar-refractivity contribution in [3.05, 3.63) is 42.2 Å². The molecule has 0 aliphatic carbocycles. The second-order valence-corrected chi connectivity index (χ2v) is 3.52. The molecule has 5 heteroatoms. The fourth-order valence-electron chi connectivity index (χ4n) is 1.51. The van der Waals surface area contributed by atoms with Crippen molar-refractivity contribution in [2.24, 2.45) is 0 Å². The van der Waals surface area contributed by atoms with Crippen molar-refractivity contribution in [2.75, 3.05) is 5.73 Å². The lowest BCUT2D eigenvalue weighted by molar-refractivity contribution is 0.0691. The lowest BCUT2D eigenvalue weighted by atomic mass is 10.0. The highest BCUT2D eigenvalue weighted by Crippen LogP contribution is 2.26. The Morgan fingerprint density at radius 2 is 1.88 bits per heavy atom. The fraction of sp³-hybridized carbons (Fsp3) is 0. The number of benzene rings is 1. The van der Waals surface area contributed by atoms with Crippen LogP contribution >= 0.6 is 0 Å². The summed E-state index contributed by atoms with van der Waals surface area (Å²) >= 11 is 0. The van der Waals surface area contributed by atoms with Gasteiger partial charge in [-0.2, -0.15) is 0 Å². The summed E-state index contributed by atoms with van der Waals surface area (Å²) < 4.78 is 0. The van der Waals surface area contributed by atoms with Crippen LogP contribution in [0.2, 0.25) is 0 Å². The highest BCUT2D eigenvalue weighted by Gasteiger charge is 2.13.